The summed E-state index contributed by atoms with van der Waals surface area (Å²) in [6, 6.07) is 19.7. The molecule has 1 fully saturated rings. The first-order chi connectivity index (χ1) is 16.0. The normalized spacial score (nSPS) is 15.0. The van der Waals surface area contributed by atoms with Crippen LogP contribution in [0.4, 0.5) is 5.69 Å². The number of carbonyl (C=O) groups excluding carboxylic acids is 1. The SMILES string of the molecule is O=C(c1ccc(NS(=O)(=O)/C=C/c2ccccc2)cc1)N1CCN(Cc2cccnc2)CC1. The monoisotopic (exact) mass is 462 g/mol. The molecule has 1 aliphatic rings. The van der Waals surface area contributed by atoms with Crippen molar-refractivity contribution in [3.63, 3.8) is 0 Å². The number of benzene rings is 2. The summed E-state index contributed by atoms with van der Waals surface area (Å²) in [6.45, 7) is 3.72. The van der Waals surface area contributed by atoms with Crippen LogP contribution < -0.4 is 4.72 Å². The van der Waals surface area contributed by atoms with E-state index in [-0.39, 0.29) is 5.91 Å². The molecule has 0 bridgehead atoms. The number of piperazine rings is 1. The van der Waals surface area contributed by atoms with Gasteiger partial charge < -0.3 is 4.90 Å². The smallest absolute Gasteiger partial charge is 0.255 e. The first-order valence-corrected chi connectivity index (χ1v) is 12.3. The number of pyridine rings is 1. The van der Waals surface area contributed by atoms with Crippen molar-refractivity contribution in [2.45, 2.75) is 6.54 Å². The molecular formula is C25H26N4O3S. The van der Waals surface area contributed by atoms with Crippen molar-refractivity contribution in [1.82, 2.24) is 14.8 Å². The van der Waals surface area contributed by atoms with Crippen LogP contribution in [0.3, 0.4) is 0 Å². The lowest BCUT2D eigenvalue weighted by Gasteiger charge is -2.34. The van der Waals surface area contributed by atoms with E-state index in [9.17, 15) is 13.2 Å². The van der Waals surface area contributed by atoms with Gasteiger partial charge in [-0.15, -0.1) is 0 Å². The van der Waals surface area contributed by atoms with Gasteiger partial charge in [-0.25, -0.2) is 8.42 Å². The van der Waals surface area contributed by atoms with Crippen LogP contribution in [0.5, 0.6) is 0 Å². The molecule has 8 heteroatoms. The Morgan fingerprint density at radius 2 is 1.67 bits per heavy atom. The van der Waals surface area contributed by atoms with E-state index in [0.717, 1.165) is 36.2 Å². The summed E-state index contributed by atoms with van der Waals surface area (Å²) in [5, 5.41) is 1.13. The first-order valence-electron chi connectivity index (χ1n) is 10.8. The lowest BCUT2D eigenvalue weighted by Crippen LogP contribution is -2.48. The number of amides is 1. The van der Waals surface area contributed by atoms with Crippen molar-refractivity contribution in [3.05, 3.63) is 101 Å². The molecule has 1 amide bonds. The third-order valence-electron chi connectivity index (χ3n) is 5.42. The van der Waals surface area contributed by atoms with E-state index < -0.39 is 10.0 Å². The van der Waals surface area contributed by atoms with Crippen molar-refractivity contribution in [2.24, 2.45) is 0 Å². The average molecular weight is 463 g/mol. The van der Waals surface area contributed by atoms with Gasteiger partial charge in [0.15, 0.2) is 0 Å². The van der Waals surface area contributed by atoms with Crippen LogP contribution in [0, 0.1) is 0 Å². The fourth-order valence-corrected chi connectivity index (χ4v) is 4.52. The van der Waals surface area contributed by atoms with Crippen LogP contribution in [-0.2, 0) is 16.6 Å². The minimum Gasteiger partial charge on any atom is -0.336 e. The Hall–Kier alpha value is -3.49. The fraction of sp³-hybridized carbons (Fsp3) is 0.200. The van der Waals surface area contributed by atoms with Crippen molar-refractivity contribution in [3.8, 4) is 0 Å². The van der Waals surface area contributed by atoms with Gasteiger partial charge in [-0.2, -0.15) is 0 Å². The van der Waals surface area contributed by atoms with Gasteiger partial charge in [0.25, 0.3) is 15.9 Å². The summed E-state index contributed by atoms with van der Waals surface area (Å²) in [7, 11) is -3.65. The van der Waals surface area contributed by atoms with Crippen LogP contribution in [0.1, 0.15) is 21.5 Å². The Bertz CT molecular complexity index is 1190. The van der Waals surface area contributed by atoms with E-state index in [1.54, 1.807) is 30.5 Å². The molecular weight excluding hydrogens is 436 g/mol. The molecule has 1 saturated heterocycles. The zero-order valence-electron chi connectivity index (χ0n) is 18.2. The summed E-state index contributed by atoms with van der Waals surface area (Å²) in [6.07, 6.45) is 5.16. The molecule has 170 valence electrons. The zero-order valence-corrected chi connectivity index (χ0v) is 19.0. The van der Waals surface area contributed by atoms with E-state index in [1.807, 2.05) is 47.5 Å². The molecule has 7 nitrogen and oxygen atoms in total. The Morgan fingerprint density at radius 1 is 0.939 bits per heavy atom. The zero-order chi connectivity index (χ0) is 23.1. The lowest BCUT2D eigenvalue weighted by atomic mass is 10.1. The van der Waals surface area contributed by atoms with E-state index in [0.29, 0.717) is 24.3 Å². The quantitative estimate of drug-likeness (QED) is 0.582. The highest BCUT2D eigenvalue weighted by Gasteiger charge is 2.22. The number of sulfonamides is 1. The number of aromatic nitrogens is 1. The van der Waals surface area contributed by atoms with Crippen LogP contribution in [0.25, 0.3) is 6.08 Å². The molecule has 4 rings (SSSR count). The first kappa shape index (κ1) is 22.7. The van der Waals surface area contributed by atoms with Crippen LogP contribution >= 0.6 is 0 Å². The van der Waals surface area contributed by atoms with Gasteiger partial charge >= 0.3 is 0 Å². The van der Waals surface area contributed by atoms with E-state index in [1.165, 1.54) is 6.08 Å². The number of hydrogen-bond acceptors (Lipinski definition) is 5. The minimum atomic E-state index is -3.65. The Labute approximate surface area is 194 Å². The molecule has 33 heavy (non-hydrogen) atoms. The molecule has 1 aromatic heterocycles. The molecule has 0 saturated carbocycles. The van der Waals surface area contributed by atoms with Gasteiger partial charge in [0.05, 0.1) is 5.41 Å². The maximum atomic E-state index is 12.9. The topological polar surface area (TPSA) is 82.6 Å². The molecule has 2 aromatic carbocycles. The van der Waals surface area contributed by atoms with Crippen LogP contribution in [0.15, 0.2) is 84.5 Å². The van der Waals surface area contributed by atoms with Crippen molar-refractivity contribution < 1.29 is 13.2 Å². The second-order valence-electron chi connectivity index (χ2n) is 7.87. The Kier molecular flexibility index (Phi) is 7.16. The average Bonchev–Trinajstić information content (AvgIpc) is 2.84. The minimum absolute atomic E-state index is 0.0468. The molecule has 0 atom stereocenters. The second kappa shape index (κ2) is 10.4. The van der Waals surface area contributed by atoms with E-state index in [4.69, 9.17) is 0 Å². The molecule has 3 aromatic rings. The van der Waals surface area contributed by atoms with Gasteiger partial charge in [0.1, 0.15) is 0 Å². The third-order valence-corrected chi connectivity index (χ3v) is 6.43. The summed E-state index contributed by atoms with van der Waals surface area (Å²) in [4.78, 5) is 21.2. The third kappa shape index (κ3) is 6.50. The Morgan fingerprint density at radius 3 is 2.33 bits per heavy atom. The van der Waals surface area contributed by atoms with Gasteiger partial charge in [-0.3, -0.25) is 19.4 Å². The van der Waals surface area contributed by atoms with Gasteiger partial charge in [0, 0.05) is 56.4 Å². The van der Waals surface area contributed by atoms with Crippen molar-refractivity contribution >= 4 is 27.7 Å². The summed E-state index contributed by atoms with van der Waals surface area (Å²) in [5.74, 6) is -0.0468. The molecule has 1 N–H and O–H groups in total. The summed E-state index contributed by atoms with van der Waals surface area (Å²) < 4.78 is 27.2. The number of hydrogen-bond donors (Lipinski definition) is 1. The molecule has 0 aliphatic carbocycles. The lowest BCUT2D eigenvalue weighted by molar-refractivity contribution is 0.0628. The highest BCUT2D eigenvalue weighted by atomic mass is 32.2. The van der Waals surface area contributed by atoms with Gasteiger partial charge in [-0.1, -0.05) is 36.4 Å². The molecule has 2 heterocycles. The molecule has 0 spiro atoms. The van der Waals surface area contributed by atoms with Gasteiger partial charge in [0.2, 0.25) is 0 Å². The number of carbonyl (C=O) groups is 1. The number of nitrogens with one attached hydrogen (secondary N) is 1. The van der Waals surface area contributed by atoms with E-state index >= 15 is 0 Å². The molecule has 0 radical (unpaired) electrons. The fourth-order valence-electron chi connectivity index (χ4n) is 3.65. The van der Waals surface area contributed by atoms with Crippen molar-refractivity contribution in [2.75, 3.05) is 30.9 Å². The summed E-state index contributed by atoms with van der Waals surface area (Å²) in [5.41, 5.74) is 2.90. The van der Waals surface area contributed by atoms with Gasteiger partial charge in [-0.05, 0) is 47.5 Å². The van der Waals surface area contributed by atoms with Crippen LogP contribution in [0.2, 0.25) is 0 Å². The maximum Gasteiger partial charge on any atom is 0.255 e. The maximum absolute atomic E-state index is 12.9. The number of nitrogens with zero attached hydrogens (tertiary/aromatic N) is 3. The summed E-state index contributed by atoms with van der Waals surface area (Å²) >= 11 is 0. The highest BCUT2D eigenvalue weighted by molar-refractivity contribution is 7.95. The number of anilines is 1. The van der Waals surface area contributed by atoms with E-state index in [2.05, 4.69) is 20.7 Å². The molecule has 0 unspecified atom stereocenters. The largest absolute Gasteiger partial charge is 0.336 e. The number of rotatable bonds is 7. The highest BCUT2D eigenvalue weighted by Crippen LogP contribution is 2.16. The van der Waals surface area contributed by atoms with Crippen molar-refractivity contribution in [1.29, 1.82) is 0 Å². The second-order valence-corrected chi connectivity index (χ2v) is 9.43. The predicted molar refractivity (Wildman–Crippen MR) is 130 cm³/mol. The predicted octanol–water partition coefficient (Wildman–Crippen LogP) is 3.45. The standard InChI is InChI=1S/C25H26N4O3S/c30-25(29-16-14-28(15-17-29)20-22-7-4-13-26-19-22)23-8-10-24(11-9-23)27-33(31,32)18-12-21-5-2-1-3-6-21/h1-13,18-19,27H,14-17,20H2/b18-12+. The molecule has 1 aliphatic heterocycles. The Balaban J connectivity index is 1.30. The van der Waals surface area contributed by atoms with Crippen LogP contribution in [-0.4, -0.2) is 55.3 Å².